The molecular formula is C19H35NO4. The first kappa shape index (κ1) is 22.6. The van der Waals surface area contributed by atoms with Gasteiger partial charge in [-0.25, -0.2) is 0 Å². The molecule has 0 bridgehead atoms. The van der Waals surface area contributed by atoms with Gasteiger partial charge in [-0.1, -0.05) is 64.7 Å². The Morgan fingerprint density at radius 1 is 0.917 bits per heavy atom. The zero-order valence-corrected chi connectivity index (χ0v) is 15.6. The van der Waals surface area contributed by atoms with Crippen molar-refractivity contribution < 1.29 is 14.5 Å². The Labute approximate surface area is 147 Å². The van der Waals surface area contributed by atoms with Gasteiger partial charge in [-0.15, -0.1) is 0 Å². The molecule has 0 atom stereocenters. The number of carbonyl (C=O) groups excluding carboxylic acids is 1. The lowest BCUT2D eigenvalue weighted by atomic mass is 10.0. The van der Waals surface area contributed by atoms with Crippen LogP contribution in [0.3, 0.4) is 0 Å². The van der Waals surface area contributed by atoms with Crippen LogP contribution in [-0.4, -0.2) is 18.0 Å². The molecule has 0 unspecified atom stereocenters. The lowest BCUT2D eigenvalue weighted by molar-refractivity contribution is -0.428. The topological polar surface area (TPSA) is 69.4 Å². The Morgan fingerprint density at radius 3 is 1.96 bits per heavy atom. The normalized spacial score (nSPS) is 11.5. The molecule has 0 aromatic carbocycles. The van der Waals surface area contributed by atoms with E-state index in [1.165, 1.54) is 58.5 Å². The summed E-state index contributed by atoms with van der Waals surface area (Å²) in [6.07, 6.45) is 15.9. The first-order chi connectivity index (χ1) is 11.6. The summed E-state index contributed by atoms with van der Waals surface area (Å²) >= 11 is 0. The standard InChI is InChI=1S/C19H35NO4/c1-3-4-5-6-7-8-9-10-11-12-15-18(20(22)23)16-13-14-17-19(21)24-2/h16H,3-15,17H2,1-2H3/b18-16+. The third-order valence-corrected chi connectivity index (χ3v) is 4.21. The smallest absolute Gasteiger partial charge is 0.305 e. The fraction of sp³-hybridized carbons (Fsp3) is 0.842. The maximum absolute atomic E-state index is 11.0. The summed E-state index contributed by atoms with van der Waals surface area (Å²) in [5.41, 5.74) is 0.291. The molecule has 0 spiro atoms. The maximum Gasteiger partial charge on any atom is 0.305 e. The van der Waals surface area contributed by atoms with E-state index >= 15 is 0 Å². The first-order valence-electron chi connectivity index (χ1n) is 9.52. The molecule has 5 nitrogen and oxygen atoms in total. The second-order valence-electron chi connectivity index (χ2n) is 6.35. The molecule has 0 heterocycles. The van der Waals surface area contributed by atoms with Gasteiger partial charge in [-0.2, -0.15) is 0 Å². The van der Waals surface area contributed by atoms with Gasteiger partial charge in [-0.05, 0) is 25.3 Å². The Hall–Kier alpha value is -1.39. The molecule has 0 amide bonds. The molecule has 0 aliphatic carbocycles. The van der Waals surface area contributed by atoms with Crippen LogP contribution >= 0.6 is 0 Å². The minimum absolute atomic E-state index is 0.263. The Morgan fingerprint density at radius 2 is 1.46 bits per heavy atom. The number of methoxy groups -OCH3 is 1. The molecular weight excluding hydrogens is 306 g/mol. The van der Waals surface area contributed by atoms with Gasteiger partial charge in [0.2, 0.25) is 5.70 Å². The third kappa shape index (κ3) is 14.2. The van der Waals surface area contributed by atoms with Crippen LogP contribution in [0.1, 0.15) is 96.8 Å². The van der Waals surface area contributed by atoms with Gasteiger partial charge >= 0.3 is 5.97 Å². The van der Waals surface area contributed by atoms with E-state index in [1.807, 2.05) is 0 Å². The summed E-state index contributed by atoms with van der Waals surface area (Å²) in [7, 11) is 1.35. The lowest BCUT2D eigenvalue weighted by Gasteiger charge is -2.02. The van der Waals surface area contributed by atoms with E-state index in [4.69, 9.17) is 0 Å². The highest BCUT2D eigenvalue weighted by Gasteiger charge is 2.09. The number of nitro groups is 1. The first-order valence-corrected chi connectivity index (χ1v) is 9.52. The number of rotatable bonds is 16. The van der Waals surface area contributed by atoms with Crippen molar-refractivity contribution in [1.29, 1.82) is 0 Å². The van der Waals surface area contributed by atoms with Crippen LogP contribution in [-0.2, 0) is 9.53 Å². The van der Waals surface area contributed by atoms with Crippen molar-refractivity contribution in [1.82, 2.24) is 0 Å². The lowest BCUT2D eigenvalue weighted by Crippen LogP contribution is -2.01. The molecule has 0 N–H and O–H groups in total. The van der Waals surface area contributed by atoms with Gasteiger partial charge in [0.05, 0.1) is 12.0 Å². The Balaban J connectivity index is 3.67. The summed E-state index contributed by atoms with van der Waals surface area (Å²) in [5.74, 6) is -0.263. The largest absolute Gasteiger partial charge is 0.469 e. The second kappa shape index (κ2) is 16.5. The number of esters is 1. The SMILES string of the molecule is CCCCCCCCCCCC/C(=C\CCCC(=O)OC)[N+](=O)[O-]. The molecule has 0 fully saturated rings. The quantitative estimate of drug-likeness (QED) is 0.154. The van der Waals surface area contributed by atoms with Crippen molar-refractivity contribution in [2.24, 2.45) is 0 Å². The number of unbranched alkanes of at least 4 members (excludes halogenated alkanes) is 10. The van der Waals surface area contributed by atoms with Gasteiger partial charge < -0.3 is 4.74 Å². The van der Waals surface area contributed by atoms with E-state index in [0.29, 0.717) is 31.4 Å². The Bertz CT molecular complexity index is 366. The van der Waals surface area contributed by atoms with Crippen molar-refractivity contribution in [2.75, 3.05) is 7.11 Å². The zero-order chi connectivity index (χ0) is 18.0. The van der Waals surface area contributed by atoms with Crippen molar-refractivity contribution in [3.8, 4) is 0 Å². The fourth-order valence-electron chi connectivity index (χ4n) is 2.68. The molecule has 24 heavy (non-hydrogen) atoms. The minimum atomic E-state index is -0.286. The van der Waals surface area contributed by atoms with Crippen molar-refractivity contribution >= 4 is 5.97 Å². The number of hydrogen-bond donors (Lipinski definition) is 0. The second-order valence-corrected chi connectivity index (χ2v) is 6.35. The molecule has 0 saturated heterocycles. The summed E-state index contributed by atoms with van der Waals surface area (Å²) in [5, 5.41) is 11.0. The molecule has 0 aliphatic rings. The van der Waals surface area contributed by atoms with E-state index in [-0.39, 0.29) is 10.9 Å². The van der Waals surface area contributed by atoms with Gasteiger partial charge in [0.15, 0.2) is 0 Å². The van der Waals surface area contributed by atoms with Crippen LogP contribution in [0.25, 0.3) is 0 Å². The highest BCUT2D eigenvalue weighted by Crippen LogP contribution is 2.15. The summed E-state index contributed by atoms with van der Waals surface area (Å²) in [6, 6.07) is 0. The third-order valence-electron chi connectivity index (χ3n) is 4.21. The molecule has 140 valence electrons. The number of allylic oxidation sites excluding steroid dienone is 2. The van der Waals surface area contributed by atoms with Gasteiger partial charge in [0, 0.05) is 12.8 Å². The molecule has 0 aromatic heterocycles. The van der Waals surface area contributed by atoms with Crippen LogP contribution in [0.15, 0.2) is 11.8 Å². The van der Waals surface area contributed by atoms with E-state index in [2.05, 4.69) is 11.7 Å². The van der Waals surface area contributed by atoms with Crippen LogP contribution in [0, 0.1) is 10.1 Å². The highest BCUT2D eigenvalue weighted by molar-refractivity contribution is 5.69. The molecule has 0 aromatic rings. The average molecular weight is 341 g/mol. The van der Waals surface area contributed by atoms with Crippen molar-refractivity contribution in [3.63, 3.8) is 0 Å². The van der Waals surface area contributed by atoms with Crippen molar-refractivity contribution in [2.45, 2.75) is 96.8 Å². The summed E-state index contributed by atoms with van der Waals surface area (Å²) < 4.78 is 4.55. The van der Waals surface area contributed by atoms with Crippen molar-refractivity contribution in [3.05, 3.63) is 21.9 Å². The predicted molar refractivity (Wildman–Crippen MR) is 97.4 cm³/mol. The average Bonchev–Trinajstić information content (AvgIpc) is 2.57. The van der Waals surface area contributed by atoms with E-state index < -0.39 is 0 Å². The predicted octanol–water partition coefficient (Wildman–Crippen LogP) is 5.80. The number of carbonyl (C=O) groups is 1. The van der Waals surface area contributed by atoms with E-state index in [1.54, 1.807) is 6.08 Å². The Kier molecular flexibility index (Phi) is 15.5. The summed E-state index contributed by atoms with van der Waals surface area (Å²) in [6.45, 7) is 2.23. The maximum atomic E-state index is 11.0. The molecule has 0 aliphatic heterocycles. The molecule has 0 saturated carbocycles. The van der Waals surface area contributed by atoms with Crippen LogP contribution in [0.5, 0.6) is 0 Å². The van der Waals surface area contributed by atoms with Crippen LogP contribution in [0.4, 0.5) is 0 Å². The zero-order valence-electron chi connectivity index (χ0n) is 15.6. The van der Waals surface area contributed by atoms with Crippen LogP contribution < -0.4 is 0 Å². The number of hydrogen-bond acceptors (Lipinski definition) is 4. The fourth-order valence-corrected chi connectivity index (χ4v) is 2.68. The molecule has 0 radical (unpaired) electrons. The number of nitrogens with zero attached hydrogens (tertiary/aromatic N) is 1. The van der Waals surface area contributed by atoms with E-state index in [0.717, 1.165) is 12.8 Å². The van der Waals surface area contributed by atoms with Gasteiger partial charge in [-0.3, -0.25) is 14.9 Å². The highest BCUT2D eigenvalue weighted by atomic mass is 16.6. The monoisotopic (exact) mass is 341 g/mol. The number of ether oxygens (including phenoxy) is 1. The van der Waals surface area contributed by atoms with Crippen LogP contribution in [0.2, 0.25) is 0 Å². The van der Waals surface area contributed by atoms with Gasteiger partial charge in [0.1, 0.15) is 0 Å². The summed E-state index contributed by atoms with van der Waals surface area (Å²) in [4.78, 5) is 21.7. The van der Waals surface area contributed by atoms with Gasteiger partial charge in [0.25, 0.3) is 0 Å². The minimum Gasteiger partial charge on any atom is -0.469 e. The molecule has 5 heteroatoms. The van der Waals surface area contributed by atoms with E-state index in [9.17, 15) is 14.9 Å². The molecule has 0 rings (SSSR count).